The summed E-state index contributed by atoms with van der Waals surface area (Å²) >= 11 is 0. The molecule has 0 radical (unpaired) electrons. The SMILES string of the molecule is NCC1CCCCC1n1nccc1N. The van der Waals surface area contributed by atoms with Crippen LogP contribution in [0.15, 0.2) is 12.3 Å². The number of rotatable bonds is 2. The van der Waals surface area contributed by atoms with Crippen LogP contribution in [0.2, 0.25) is 0 Å². The lowest BCUT2D eigenvalue weighted by Gasteiger charge is -2.31. The maximum atomic E-state index is 5.85. The van der Waals surface area contributed by atoms with Gasteiger partial charge in [-0.1, -0.05) is 12.8 Å². The fourth-order valence-electron chi connectivity index (χ4n) is 2.39. The molecule has 1 heterocycles. The zero-order valence-corrected chi connectivity index (χ0v) is 8.39. The Morgan fingerprint density at radius 1 is 1.43 bits per heavy atom. The highest BCUT2D eigenvalue weighted by atomic mass is 15.3. The number of nitrogen functional groups attached to an aromatic ring is 1. The van der Waals surface area contributed by atoms with E-state index in [1.54, 1.807) is 6.20 Å². The minimum absolute atomic E-state index is 0.420. The maximum Gasteiger partial charge on any atom is 0.121 e. The molecule has 4 heteroatoms. The van der Waals surface area contributed by atoms with Crippen LogP contribution in [0.3, 0.4) is 0 Å². The molecule has 1 aliphatic rings. The largest absolute Gasteiger partial charge is 0.384 e. The second-order valence-corrected chi connectivity index (χ2v) is 4.05. The van der Waals surface area contributed by atoms with Crippen LogP contribution in [0.1, 0.15) is 31.7 Å². The van der Waals surface area contributed by atoms with Crippen LogP contribution in [-0.2, 0) is 0 Å². The first kappa shape index (κ1) is 9.52. The van der Waals surface area contributed by atoms with Crippen molar-refractivity contribution < 1.29 is 0 Å². The number of hydrogen-bond acceptors (Lipinski definition) is 3. The molecule has 4 N–H and O–H groups in total. The molecule has 0 amide bonds. The van der Waals surface area contributed by atoms with Crippen molar-refractivity contribution in [1.82, 2.24) is 9.78 Å². The Morgan fingerprint density at radius 2 is 2.21 bits per heavy atom. The molecular formula is C10H18N4. The number of hydrogen-bond donors (Lipinski definition) is 2. The summed E-state index contributed by atoms with van der Waals surface area (Å²) in [7, 11) is 0. The number of nitrogens with zero attached hydrogens (tertiary/aromatic N) is 2. The van der Waals surface area contributed by atoms with Crippen LogP contribution in [0.25, 0.3) is 0 Å². The van der Waals surface area contributed by atoms with Gasteiger partial charge in [0.15, 0.2) is 0 Å². The van der Waals surface area contributed by atoms with Gasteiger partial charge in [0.25, 0.3) is 0 Å². The summed E-state index contributed by atoms with van der Waals surface area (Å²) < 4.78 is 1.94. The van der Waals surface area contributed by atoms with Gasteiger partial charge in [-0.25, -0.2) is 4.68 Å². The van der Waals surface area contributed by atoms with Gasteiger partial charge in [0.1, 0.15) is 5.82 Å². The summed E-state index contributed by atoms with van der Waals surface area (Å²) in [6.07, 6.45) is 6.69. The zero-order chi connectivity index (χ0) is 9.97. The van der Waals surface area contributed by atoms with Crippen molar-refractivity contribution in [3.63, 3.8) is 0 Å². The summed E-state index contributed by atoms with van der Waals surface area (Å²) in [6.45, 7) is 0.740. The van der Waals surface area contributed by atoms with Crippen molar-refractivity contribution in [2.75, 3.05) is 12.3 Å². The third-order valence-electron chi connectivity index (χ3n) is 3.19. The Bertz CT molecular complexity index is 294. The van der Waals surface area contributed by atoms with Gasteiger partial charge in [0.2, 0.25) is 0 Å². The van der Waals surface area contributed by atoms with Crippen molar-refractivity contribution >= 4 is 5.82 Å². The van der Waals surface area contributed by atoms with Gasteiger partial charge in [-0.2, -0.15) is 5.10 Å². The van der Waals surface area contributed by atoms with E-state index in [2.05, 4.69) is 5.10 Å². The molecular weight excluding hydrogens is 176 g/mol. The molecule has 1 aromatic rings. The third kappa shape index (κ3) is 1.62. The smallest absolute Gasteiger partial charge is 0.121 e. The van der Waals surface area contributed by atoms with E-state index in [-0.39, 0.29) is 0 Å². The predicted molar refractivity (Wildman–Crippen MR) is 56.7 cm³/mol. The summed E-state index contributed by atoms with van der Waals surface area (Å²) in [5, 5.41) is 4.27. The number of aromatic nitrogens is 2. The van der Waals surface area contributed by atoms with Gasteiger partial charge >= 0.3 is 0 Å². The molecule has 1 aromatic heterocycles. The molecule has 2 atom stereocenters. The van der Waals surface area contributed by atoms with Crippen LogP contribution >= 0.6 is 0 Å². The first-order valence-corrected chi connectivity index (χ1v) is 5.32. The van der Waals surface area contributed by atoms with Crippen molar-refractivity contribution in [3.8, 4) is 0 Å². The number of nitrogens with two attached hydrogens (primary N) is 2. The van der Waals surface area contributed by atoms with Crippen molar-refractivity contribution in [1.29, 1.82) is 0 Å². The summed E-state index contributed by atoms with van der Waals surface area (Å²) in [5.41, 5.74) is 11.6. The van der Waals surface area contributed by atoms with Crippen LogP contribution < -0.4 is 11.5 Å². The van der Waals surface area contributed by atoms with E-state index in [0.29, 0.717) is 12.0 Å². The lowest BCUT2D eigenvalue weighted by atomic mass is 9.84. The molecule has 1 saturated carbocycles. The van der Waals surface area contributed by atoms with Crippen molar-refractivity contribution in [2.24, 2.45) is 11.7 Å². The molecule has 0 spiro atoms. The van der Waals surface area contributed by atoms with E-state index < -0.39 is 0 Å². The van der Waals surface area contributed by atoms with Crippen molar-refractivity contribution in [3.05, 3.63) is 12.3 Å². The normalized spacial score (nSPS) is 27.8. The molecule has 2 rings (SSSR count). The van der Waals surface area contributed by atoms with Gasteiger partial charge in [-0.3, -0.25) is 0 Å². The van der Waals surface area contributed by atoms with Crippen LogP contribution in [-0.4, -0.2) is 16.3 Å². The second kappa shape index (κ2) is 4.00. The standard InChI is InChI=1S/C10H18N4/c11-7-8-3-1-2-4-9(8)14-10(12)5-6-13-14/h5-6,8-9H,1-4,7,11-12H2. The Morgan fingerprint density at radius 3 is 2.86 bits per heavy atom. The highest BCUT2D eigenvalue weighted by Gasteiger charge is 2.26. The molecule has 0 bridgehead atoms. The fourth-order valence-corrected chi connectivity index (χ4v) is 2.39. The highest BCUT2D eigenvalue weighted by molar-refractivity contribution is 5.26. The van der Waals surface area contributed by atoms with Crippen molar-refractivity contribution in [2.45, 2.75) is 31.7 Å². The average Bonchev–Trinajstić information content (AvgIpc) is 2.64. The Kier molecular flexibility index (Phi) is 2.72. The molecule has 1 aliphatic carbocycles. The summed E-state index contributed by atoms with van der Waals surface area (Å²) in [6, 6.07) is 2.27. The molecule has 14 heavy (non-hydrogen) atoms. The first-order chi connectivity index (χ1) is 6.83. The fraction of sp³-hybridized carbons (Fsp3) is 0.700. The topological polar surface area (TPSA) is 69.9 Å². The summed E-state index contributed by atoms with van der Waals surface area (Å²) in [4.78, 5) is 0. The zero-order valence-electron chi connectivity index (χ0n) is 8.39. The Balaban J connectivity index is 2.19. The molecule has 1 fully saturated rings. The second-order valence-electron chi connectivity index (χ2n) is 4.05. The van der Waals surface area contributed by atoms with Gasteiger partial charge < -0.3 is 11.5 Å². The Labute approximate surface area is 84.3 Å². The van der Waals surface area contributed by atoms with Gasteiger partial charge in [0.05, 0.1) is 12.2 Å². The van der Waals surface area contributed by atoms with E-state index in [4.69, 9.17) is 11.5 Å². The molecule has 78 valence electrons. The average molecular weight is 194 g/mol. The quantitative estimate of drug-likeness (QED) is 0.742. The lowest BCUT2D eigenvalue weighted by molar-refractivity contribution is 0.231. The van der Waals surface area contributed by atoms with Gasteiger partial charge in [-0.05, 0) is 31.4 Å². The predicted octanol–water partition coefficient (Wildman–Crippen LogP) is 1.16. The first-order valence-electron chi connectivity index (χ1n) is 5.32. The van der Waals surface area contributed by atoms with Crippen LogP contribution in [0.4, 0.5) is 5.82 Å². The molecule has 2 unspecified atom stereocenters. The van der Waals surface area contributed by atoms with E-state index in [1.165, 1.54) is 19.3 Å². The van der Waals surface area contributed by atoms with E-state index in [9.17, 15) is 0 Å². The molecule has 0 aliphatic heterocycles. The third-order valence-corrected chi connectivity index (χ3v) is 3.19. The molecule has 0 saturated heterocycles. The van der Waals surface area contributed by atoms with E-state index in [0.717, 1.165) is 18.8 Å². The Hall–Kier alpha value is -1.03. The molecule has 4 nitrogen and oxygen atoms in total. The highest BCUT2D eigenvalue weighted by Crippen LogP contribution is 2.33. The van der Waals surface area contributed by atoms with E-state index >= 15 is 0 Å². The van der Waals surface area contributed by atoms with Gasteiger partial charge in [0, 0.05) is 0 Å². The monoisotopic (exact) mass is 194 g/mol. The van der Waals surface area contributed by atoms with Gasteiger partial charge in [-0.15, -0.1) is 0 Å². The number of anilines is 1. The van der Waals surface area contributed by atoms with Crippen LogP contribution in [0, 0.1) is 5.92 Å². The van der Waals surface area contributed by atoms with Crippen LogP contribution in [0.5, 0.6) is 0 Å². The minimum atomic E-state index is 0.420. The van der Waals surface area contributed by atoms with E-state index in [1.807, 2.05) is 10.7 Å². The maximum absolute atomic E-state index is 5.85. The molecule has 0 aromatic carbocycles. The lowest BCUT2D eigenvalue weighted by Crippen LogP contribution is -2.30. The summed E-state index contributed by atoms with van der Waals surface area (Å²) in [5.74, 6) is 1.31. The minimum Gasteiger partial charge on any atom is -0.384 e.